The molecule has 0 saturated heterocycles. The van der Waals surface area contributed by atoms with Crippen molar-refractivity contribution in [3.63, 3.8) is 0 Å². The Hall–Kier alpha value is -2.38. The Kier molecular flexibility index (Phi) is 5.02. The van der Waals surface area contributed by atoms with E-state index >= 15 is 0 Å². The van der Waals surface area contributed by atoms with Crippen molar-refractivity contribution in [2.75, 3.05) is 17.6 Å². The third kappa shape index (κ3) is 3.89. The Morgan fingerprint density at radius 3 is 2.46 bits per heavy atom. The van der Waals surface area contributed by atoms with Crippen LogP contribution in [0, 0.1) is 0 Å². The lowest BCUT2D eigenvalue weighted by molar-refractivity contribution is 0.0944. The first-order valence-electron chi connectivity index (χ1n) is 8.09. The average Bonchev–Trinajstić information content (AvgIpc) is 3.04. The molecule has 0 fully saturated rings. The Labute approximate surface area is 157 Å². The summed E-state index contributed by atoms with van der Waals surface area (Å²) in [5.41, 5.74) is 1.61. The van der Waals surface area contributed by atoms with Gasteiger partial charge in [-0.25, -0.2) is 8.42 Å². The number of hydrogen-bond acceptors (Lipinski definition) is 4. The predicted octanol–water partition coefficient (Wildman–Crippen LogP) is 3.79. The SMILES string of the molecule is C[C@@H](NC(=O)c1cc2cc(N(C)S(C)(=O)=O)ccc2s1)c1ccccc1. The minimum Gasteiger partial charge on any atom is -0.345 e. The summed E-state index contributed by atoms with van der Waals surface area (Å²) >= 11 is 1.39. The standard InChI is InChI=1S/C19H20N2O3S2/c1-13(14-7-5-4-6-8-14)20-19(22)18-12-15-11-16(9-10-17(15)25-18)21(2)26(3,23)24/h4-13H,1-3H3,(H,20,22)/t13-/m1/s1. The number of nitrogens with one attached hydrogen (secondary N) is 1. The highest BCUT2D eigenvalue weighted by molar-refractivity contribution is 7.92. The molecule has 0 saturated carbocycles. The molecule has 0 aliphatic heterocycles. The topological polar surface area (TPSA) is 66.5 Å². The first kappa shape index (κ1) is 18.4. The number of fused-ring (bicyclic) bond motifs is 1. The highest BCUT2D eigenvalue weighted by Crippen LogP contribution is 2.30. The van der Waals surface area contributed by atoms with Gasteiger partial charge in [-0.3, -0.25) is 9.10 Å². The summed E-state index contributed by atoms with van der Waals surface area (Å²) in [5.74, 6) is -0.138. The van der Waals surface area contributed by atoms with Gasteiger partial charge in [-0.1, -0.05) is 30.3 Å². The molecule has 1 N–H and O–H groups in total. The second kappa shape index (κ2) is 7.09. The van der Waals surface area contributed by atoms with E-state index in [-0.39, 0.29) is 11.9 Å². The highest BCUT2D eigenvalue weighted by atomic mass is 32.2. The number of hydrogen-bond donors (Lipinski definition) is 1. The lowest BCUT2D eigenvalue weighted by Gasteiger charge is -2.16. The van der Waals surface area contributed by atoms with Crippen LogP contribution < -0.4 is 9.62 Å². The van der Waals surface area contributed by atoms with Crippen molar-refractivity contribution in [2.24, 2.45) is 0 Å². The lowest BCUT2D eigenvalue weighted by atomic mass is 10.1. The summed E-state index contributed by atoms with van der Waals surface area (Å²) < 4.78 is 25.6. The molecule has 3 rings (SSSR count). The molecule has 1 heterocycles. The van der Waals surface area contributed by atoms with E-state index in [4.69, 9.17) is 0 Å². The number of sulfonamides is 1. The summed E-state index contributed by atoms with van der Waals surface area (Å²) in [6.07, 6.45) is 1.16. The number of carbonyl (C=O) groups excluding carboxylic acids is 1. The molecular weight excluding hydrogens is 368 g/mol. The van der Waals surface area contributed by atoms with E-state index in [0.717, 1.165) is 21.9 Å². The van der Waals surface area contributed by atoms with Crippen LogP contribution in [0.1, 0.15) is 28.2 Å². The molecule has 7 heteroatoms. The molecule has 1 atom stereocenters. The summed E-state index contributed by atoms with van der Waals surface area (Å²) in [6, 6.07) is 16.8. The maximum atomic E-state index is 12.6. The Morgan fingerprint density at radius 1 is 1.12 bits per heavy atom. The van der Waals surface area contributed by atoms with Gasteiger partial charge in [-0.15, -0.1) is 11.3 Å². The normalized spacial score (nSPS) is 12.7. The molecular formula is C19H20N2O3S2. The van der Waals surface area contributed by atoms with Crippen molar-refractivity contribution in [1.82, 2.24) is 5.32 Å². The van der Waals surface area contributed by atoms with Crippen LogP contribution in [0.25, 0.3) is 10.1 Å². The molecule has 136 valence electrons. The number of anilines is 1. The fourth-order valence-corrected chi connectivity index (χ4v) is 4.07. The third-order valence-electron chi connectivity index (χ3n) is 4.23. The number of thiophene rings is 1. The summed E-state index contributed by atoms with van der Waals surface area (Å²) in [7, 11) is -1.81. The zero-order chi connectivity index (χ0) is 18.9. The molecule has 0 aliphatic carbocycles. The second-order valence-corrected chi connectivity index (χ2v) is 9.27. The minimum atomic E-state index is -3.32. The van der Waals surface area contributed by atoms with Gasteiger partial charge in [-0.2, -0.15) is 0 Å². The fraction of sp³-hybridized carbons (Fsp3) is 0.211. The van der Waals surface area contributed by atoms with Crippen molar-refractivity contribution >= 4 is 43.0 Å². The predicted molar refractivity (Wildman–Crippen MR) is 107 cm³/mol. The molecule has 0 unspecified atom stereocenters. The zero-order valence-electron chi connectivity index (χ0n) is 14.8. The van der Waals surface area contributed by atoms with Crippen LogP contribution >= 0.6 is 11.3 Å². The number of carbonyl (C=O) groups is 1. The smallest absolute Gasteiger partial charge is 0.261 e. The largest absolute Gasteiger partial charge is 0.345 e. The summed E-state index contributed by atoms with van der Waals surface area (Å²) in [4.78, 5) is 13.2. The fourth-order valence-electron chi connectivity index (χ4n) is 2.62. The van der Waals surface area contributed by atoms with E-state index < -0.39 is 10.0 Å². The van der Waals surface area contributed by atoms with Crippen molar-refractivity contribution in [3.8, 4) is 0 Å². The lowest BCUT2D eigenvalue weighted by Crippen LogP contribution is -2.25. The molecule has 0 radical (unpaired) electrons. The maximum Gasteiger partial charge on any atom is 0.261 e. The van der Waals surface area contributed by atoms with Gasteiger partial charge >= 0.3 is 0 Å². The van der Waals surface area contributed by atoms with Gasteiger partial charge < -0.3 is 5.32 Å². The van der Waals surface area contributed by atoms with Gasteiger partial charge in [0.2, 0.25) is 10.0 Å². The number of amides is 1. The first-order valence-corrected chi connectivity index (χ1v) is 10.8. The van der Waals surface area contributed by atoms with Crippen LogP contribution in [0.3, 0.4) is 0 Å². The quantitative estimate of drug-likeness (QED) is 0.723. The Balaban J connectivity index is 1.83. The van der Waals surface area contributed by atoms with Crippen molar-refractivity contribution in [2.45, 2.75) is 13.0 Å². The monoisotopic (exact) mass is 388 g/mol. The zero-order valence-corrected chi connectivity index (χ0v) is 16.4. The molecule has 1 aromatic heterocycles. The van der Waals surface area contributed by atoms with Crippen molar-refractivity contribution in [3.05, 3.63) is 65.0 Å². The van der Waals surface area contributed by atoms with E-state index in [0.29, 0.717) is 10.6 Å². The molecule has 5 nitrogen and oxygen atoms in total. The molecule has 3 aromatic rings. The number of benzene rings is 2. The van der Waals surface area contributed by atoms with E-state index in [9.17, 15) is 13.2 Å². The molecule has 0 spiro atoms. The van der Waals surface area contributed by atoms with Gasteiger partial charge in [0.25, 0.3) is 5.91 Å². The van der Waals surface area contributed by atoms with Gasteiger partial charge in [-0.05, 0) is 42.1 Å². The molecule has 0 bridgehead atoms. The number of rotatable bonds is 5. The maximum absolute atomic E-state index is 12.6. The van der Waals surface area contributed by atoms with E-state index in [1.807, 2.05) is 43.3 Å². The van der Waals surface area contributed by atoms with E-state index in [1.54, 1.807) is 18.2 Å². The van der Waals surface area contributed by atoms with Gasteiger partial charge in [0.15, 0.2) is 0 Å². The van der Waals surface area contributed by atoms with Crippen molar-refractivity contribution in [1.29, 1.82) is 0 Å². The summed E-state index contributed by atoms with van der Waals surface area (Å²) in [6.45, 7) is 1.94. The molecule has 1 amide bonds. The molecule has 2 aromatic carbocycles. The third-order valence-corrected chi connectivity index (χ3v) is 6.55. The van der Waals surface area contributed by atoms with Crippen LogP contribution in [0.5, 0.6) is 0 Å². The highest BCUT2D eigenvalue weighted by Gasteiger charge is 2.16. The number of nitrogens with zero attached hydrogens (tertiary/aromatic N) is 1. The van der Waals surface area contributed by atoms with Crippen LogP contribution in [-0.2, 0) is 10.0 Å². The van der Waals surface area contributed by atoms with E-state index in [2.05, 4.69) is 5.32 Å². The Bertz CT molecular complexity index is 1040. The van der Waals surface area contributed by atoms with Gasteiger partial charge in [0.1, 0.15) is 0 Å². The van der Waals surface area contributed by atoms with Gasteiger partial charge in [0.05, 0.1) is 22.9 Å². The Morgan fingerprint density at radius 2 is 1.81 bits per heavy atom. The van der Waals surface area contributed by atoms with Crippen LogP contribution in [0.15, 0.2) is 54.6 Å². The van der Waals surface area contributed by atoms with E-state index in [1.165, 1.54) is 22.7 Å². The molecule has 26 heavy (non-hydrogen) atoms. The van der Waals surface area contributed by atoms with Crippen LogP contribution in [0.4, 0.5) is 5.69 Å². The average molecular weight is 389 g/mol. The van der Waals surface area contributed by atoms with Crippen LogP contribution in [-0.4, -0.2) is 27.6 Å². The summed E-state index contributed by atoms with van der Waals surface area (Å²) in [5, 5.41) is 3.85. The van der Waals surface area contributed by atoms with Crippen LogP contribution in [0.2, 0.25) is 0 Å². The van der Waals surface area contributed by atoms with Crippen molar-refractivity contribution < 1.29 is 13.2 Å². The molecule has 0 aliphatic rings. The minimum absolute atomic E-state index is 0.0964. The second-order valence-electron chi connectivity index (χ2n) is 6.17. The first-order chi connectivity index (χ1) is 12.3. The van der Waals surface area contributed by atoms with Gasteiger partial charge in [0, 0.05) is 11.7 Å².